The first kappa shape index (κ1) is 20.7. The molecule has 2 aromatic carbocycles. The van der Waals surface area contributed by atoms with Crippen LogP contribution in [-0.4, -0.2) is 19.5 Å². The smallest absolute Gasteiger partial charge is 0.291 e. The Hall–Kier alpha value is -3.59. The van der Waals surface area contributed by atoms with Crippen molar-refractivity contribution in [1.82, 2.24) is 5.16 Å². The molecule has 0 saturated carbocycles. The van der Waals surface area contributed by atoms with E-state index in [2.05, 4.69) is 22.1 Å². The van der Waals surface area contributed by atoms with E-state index in [4.69, 9.17) is 8.94 Å². The summed E-state index contributed by atoms with van der Waals surface area (Å²) >= 11 is 0. The minimum Gasteiger partial charge on any atom is -0.451 e. The van der Waals surface area contributed by atoms with Crippen molar-refractivity contribution in [2.75, 3.05) is 10.0 Å². The van der Waals surface area contributed by atoms with Crippen LogP contribution in [0.4, 0.5) is 11.5 Å². The zero-order valence-corrected chi connectivity index (χ0v) is 18.0. The van der Waals surface area contributed by atoms with Crippen LogP contribution in [0.1, 0.15) is 34.4 Å². The predicted molar refractivity (Wildman–Crippen MR) is 117 cm³/mol. The summed E-state index contributed by atoms with van der Waals surface area (Å²) in [5.41, 5.74) is 3.01. The lowest BCUT2D eigenvalue weighted by atomic mass is 10.1. The molecule has 0 radical (unpaired) electrons. The molecule has 160 valence electrons. The van der Waals surface area contributed by atoms with Crippen molar-refractivity contribution in [3.05, 3.63) is 71.2 Å². The Balaban J connectivity index is 1.52. The minimum atomic E-state index is -3.83. The number of nitrogens with zero attached hydrogens (tertiary/aromatic N) is 1. The zero-order valence-electron chi connectivity index (χ0n) is 17.2. The minimum absolute atomic E-state index is 0.0261. The first-order valence-electron chi connectivity index (χ1n) is 9.66. The van der Waals surface area contributed by atoms with Crippen molar-refractivity contribution in [2.24, 2.45) is 0 Å². The van der Waals surface area contributed by atoms with Gasteiger partial charge in [-0.3, -0.25) is 9.52 Å². The molecule has 0 spiro atoms. The normalized spacial score (nSPS) is 11.6. The van der Waals surface area contributed by atoms with E-state index in [-0.39, 0.29) is 16.5 Å². The molecule has 0 unspecified atom stereocenters. The van der Waals surface area contributed by atoms with Crippen molar-refractivity contribution < 1.29 is 22.2 Å². The van der Waals surface area contributed by atoms with Gasteiger partial charge in [0.15, 0.2) is 11.6 Å². The molecule has 2 heterocycles. The van der Waals surface area contributed by atoms with E-state index < -0.39 is 15.9 Å². The monoisotopic (exact) mass is 439 g/mol. The number of hydrogen-bond acceptors (Lipinski definition) is 6. The molecule has 8 nitrogen and oxygen atoms in total. The number of rotatable bonds is 6. The number of hydrogen-bond donors (Lipinski definition) is 2. The number of carbonyl (C=O) groups is 1. The van der Waals surface area contributed by atoms with Gasteiger partial charge in [0.05, 0.1) is 4.90 Å². The van der Waals surface area contributed by atoms with E-state index in [1.54, 1.807) is 6.92 Å². The quantitative estimate of drug-likeness (QED) is 0.452. The van der Waals surface area contributed by atoms with Gasteiger partial charge in [-0.1, -0.05) is 18.1 Å². The fraction of sp³-hybridized carbons (Fsp3) is 0.182. The van der Waals surface area contributed by atoms with Crippen molar-refractivity contribution in [2.45, 2.75) is 32.1 Å². The van der Waals surface area contributed by atoms with E-state index in [9.17, 15) is 13.2 Å². The first-order chi connectivity index (χ1) is 14.8. The van der Waals surface area contributed by atoms with Gasteiger partial charge in [0.25, 0.3) is 15.9 Å². The number of amides is 1. The van der Waals surface area contributed by atoms with Crippen LogP contribution in [-0.2, 0) is 16.4 Å². The number of aromatic nitrogens is 1. The molecular weight excluding hydrogens is 418 g/mol. The SMILES string of the molecule is CCc1ccc2oc(C(=O)Nc3ccc(S(=O)(=O)Nc4cc(C)on4)cc3)c(C)c2c1. The lowest BCUT2D eigenvalue weighted by Gasteiger charge is -2.07. The van der Waals surface area contributed by atoms with Gasteiger partial charge in [0.2, 0.25) is 0 Å². The number of sulfonamides is 1. The highest BCUT2D eigenvalue weighted by Gasteiger charge is 2.19. The van der Waals surface area contributed by atoms with E-state index in [0.29, 0.717) is 17.0 Å². The van der Waals surface area contributed by atoms with E-state index in [1.807, 2.05) is 25.1 Å². The van der Waals surface area contributed by atoms with Gasteiger partial charge < -0.3 is 14.3 Å². The highest BCUT2D eigenvalue weighted by Crippen LogP contribution is 2.27. The molecule has 31 heavy (non-hydrogen) atoms. The Labute approximate surface area is 179 Å². The maximum absolute atomic E-state index is 12.7. The van der Waals surface area contributed by atoms with Crippen LogP contribution in [0.15, 0.2) is 62.4 Å². The van der Waals surface area contributed by atoms with Gasteiger partial charge in [-0.25, -0.2) is 8.42 Å². The molecule has 0 atom stereocenters. The fourth-order valence-corrected chi connectivity index (χ4v) is 4.20. The summed E-state index contributed by atoms with van der Waals surface area (Å²) in [5, 5.41) is 7.27. The second kappa shape index (κ2) is 7.92. The number of carbonyl (C=O) groups excluding carboxylic acids is 1. The number of anilines is 2. The topological polar surface area (TPSA) is 114 Å². The number of aryl methyl sites for hydroxylation is 3. The van der Waals surface area contributed by atoms with Crippen LogP contribution in [0.3, 0.4) is 0 Å². The molecule has 9 heteroatoms. The van der Waals surface area contributed by atoms with Crippen LogP contribution in [0.25, 0.3) is 11.0 Å². The summed E-state index contributed by atoms with van der Waals surface area (Å²) in [7, 11) is -3.83. The molecule has 1 amide bonds. The first-order valence-corrected chi connectivity index (χ1v) is 11.1. The molecule has 0 bridgehead atoms. The zero-order chi connectivity index (χ0) is 22.2. The molecule has 2 aromatic heterocycles. The number of furan rings is 1. The van der Waals surface area contributed by atoms with Gasteiger partial charge in [0, 0.05) is 22.7 Å². The summed E-state index contributed by atoms with van der Waals surface area (Å²) in [4.78, 5) is 12.8. The van der Waals surface area contributed by atoms with Gasteiger partial charge in [-0.05, 0) is 62.2 Å². The third-order valence-electron chi connectivity index (χ3n) is 4.90. The van der Waals surface area contributed by atoms with Gasteiger partial charge in [0.1, 0.15) is 11.3 Å². The van der Waals surface area contributed by atoms with E-state index >= 15 is 0 Å². The molecule has 0 aliphatic carbocycles. The Bertz CT molecular complexity index is 1370. The summed E-state index contributed by atoms with van der Waals surface area (Å²) in [6.45, 7) is 5.57. The maximum Gasteiger partial charge on any atom is 0.291 e. The van der Waals surface area contributed by atoms with E-state index in [0.717, 1.165) is 22.9 Å². The van der Waals surface area contributed by atoms with Crippen molar-refractivity contribution in [1.29, 1.82) is 0 Å². The van der Waals surface area contributed by atoms with Crippen LogP contribution < -0.4 is 10.0 Å². The second-order valence-electron chi connectivity index (χ2n) is 7.15. The van der Waals surface area contributed by atoms with Crippen molar-refractivity contribution in [3.8, 4) is 0 Å². The molecule has 4 aromatic rings. The summed E-state index contributed by atoms with van der Waals surface area (Å²) < 4.78 is 37.9. The highest BCUT2D eigenvalue weighted by atomic mass is 32.2. The third-order valence-corrected chi connectivity index (χ3v) is 6.28. The number of nitrogens with one attached hydrogen (secondary N) is 2. The average molecular weight is 439 g/mol. The third kappa shape index (κ3) is 4.17. The molecule has 0 fully saturated rings. The average Bonchev–Trinajstić information content (AvgIpc) is 3.30. The Kier molecular flexibility index (Phi) is 5.28. The molecule has 0 aliphatic rings. The highest BCUT2D eigenvalue weighted by molar-refractivity contribution is 7.92. The predicted octanol–water partition coefficient (Wildman–Crippen LogP) is 4.65. The largest absolute Gasteiger partial charge is 0.451 e. The summed E-state index contributed by atoms with van der Waals surface area (Å²) in [6, 6.07) is 13.1. The lowest BCUT2D eigenvalue weighted by Crippen LogP contribution is -2.14. The maximum atomic E-state index is 12.7. The lowest BCUT2D eigenvalue weighted by molar-refractivity contribution is 0.0998. The summed E-state index contributed by atoms with van der Waals surface area (Å²) in [6.07, 6.45) is 0.891. The van der Waals surface area contributed by atoms with E-state index in [1.165, 1.54) is 30.3 Å². The van der Waals surface area contributed by atoms with Crippen LogP contribution in [0.5, 0.6) is 0 Å². The van der Waals surface area contributed by atoms with Crippen molar-refractivity contribution in [3.63, 3.8) is 0 Å². The summed E-state index contributed by atoms with van der Waals surface area (Å²) in [5.74, 6) is 0.408. The van der Waals surface area contributed by atoms with Crippen LogP contribution in [0.2, 0.25) is 0 Å². The molecule has 0 aliphatic heterocycles. The van der Waals surface area contributed by atoms with Gasteiger partial charge in [-0.15, -0.1) is 0 Å². The molecule has 0 saturated heterocycles. The standard InChI is InChI=1S/C22H21N3O5S/c1-4-15-5-10-19-18(12-15)14(3)21(29-19)22(26)23-16-6-8-17(9-7-16)31(27,28)25-20-11-13(2)30-24-20/h5-12H,4H2,1-3H3,(H,23,26)(H,24,25). The number of fused-ring (bicyclic) bond motifs is 1. The van der Waals surface area contributed by atoms with Crippen molar-refractivity contribution >= 4 is 38.4 Å². The Morgan fingerprint density at radius 1 is 1.06 bits per heavy atom. The van der Waals surface area contributed by atoms with Crippen LogP contribution in [0, 0.1) is 13.8 Å². The molecule has 4 rings (SSSR count). The molecule has 2 N–H and O–H groups in total. The molecular formula is C22H21N3O5S. The second-order valence-corrected chi connectivity index (χ2v) is 8.83. The van der Waals surface area contributed by atoms with Crippen LogP contribution >= 0.6 is 0 Å². The van der Waals surface area contributed by atoms with Gasteiger partial charge >= 0.3 is 0 Å². The Morgan fingerprint density at radius 3 is 2.45 bits per heavy atom. The Morgan fingerprint density at radius 2 is 1.81 bits per heavy atom. The fourth-order valence-electron chi connectivity index (χ4n) is 3.22. The number of benzene rings is 2. The van der Waals surface area contributed by atoms with Gasteiger partial charge in [-0.2, -0.15) is 0 Å².